The van der Waals surface area contributed by atoms with E-state index in [0.29, 0.717) is 17.9 Å². The van der Waals surface area contributed by atoms with Crippen molar-refractivity contribution in [3.63, 3.8) is 0 Å². The van der Waals surface area contributed by atoms with E-state index in [-0.39, 0.29) is 11.3 Å². The molecule has 1 aromatic carbocycles. The number of carbonyl (C=O) groups excluding carboxylic acids is 1. The van der Waals surface area contributed by atoms with Crippen LogP contribution in [0.15, 0.2) is 30.3 Å². The van der Waals surface area contributed by atoms with Crippen molar-refractivity contribution < 1.29 is 13.6 Å². The lowest BCUT2D eigenvalue weighted by Gasteiger charge is -2.09. The van der Waals surface area contributed by atoms with Gasteiger partial charge in [0.05, 0.1) is 5.69 Å². The number of carbonyl (C=O) groups is 1. The molecule has 21 heavy (non-hydrogen) atoms. The van der Waals surface area contributed by atoms with Crippen LogP contribution in [0.3, 0.4) is 0 Å². The Bertz CT molecular complexity index is 654. The molecule has 0 radical (unpaired) electrons. The van der Waals surface area contributed by atoms with E-state index < -0.39 is 17.5 Å². The van der Waals surface area contributed by atoms with Gasteiger partial charge in [-0.1, -0.05) is 6.92 Å². The van der Waals surface area contributed by atoms with Crippen LogP contribution in [-0.2, 0) is 6.42 Å². The second-order valence-corrected chi connectivity index (χ2v) is 4.31. The lowest BCUT2D eigenvalue weighted by Crippen LogP contribution is -2.16. The van der Waals surface area contributed by atoms with Gasteiger partial charge in [-0.2, -0.15) is 0 Å². The van der Waals surface area contributed by atoms with Crippen LogP contribution < -0.4 is 16.6 Å². The van der Waals surface area contributed by atoms with E-state index in [1.807, 2.05) is 6.92 Å². The monoisotopic (exact) mass is 292 g/mol. The number of halogens is 2. The number of hydrazine groups is 1. The summed E-state index contributed by atoms with van der Waals surface area (Å²) in [5.74, 6) is 3.67. The highest BCUT2D eigenvalue weighted by atomic mass is 19.1. The summed E-state index contributed by atoms with van der Waals surface area (Å²) >= 11 is 0. The van der Waals surface area contributed by atoms with Crippen LogP contribution in [0.4, 0.5) is 20.3 Å². The zero-order chi connectivity index (χ0) is 15.4. The fourth-order valence-electron chi connectivity index (χ4n) is 1.76. The largest absolute Gasteiger partial charge is 0.319 e. The number of nitrogen functional groups attached to an aromatic ring is 1. The average Bonchev–Trinajstić information content (AvgIpc) is 2.50. The summed E-state index contributed by atoms with van der Waals surface area (Å²) in [7, 11) is 0. The quantitative estimate of drug-likeness (QED) is 0.597. The van der Waals surface area contributed by atoms with Gasteiger partial charge in [-0.05, 0) is 30.7 Å². The van der Waals surface area contributed by atoms with Crippen LogP contribution in [0.25, 0.3) is 0 Å². The van der Waals surface area contributed by atoms with Crippen LogP contribution in [0, 0.1) is 11.6 Å². The predicted octanol–water partition coefficient (Wildman–Crippen LogP) is 2.46. The molecule has 1 aromatic heterocycles. The lowest BCUT2D eigenvalue weighted by atomic mass is 10.1. The molecule has 1 amide bonds. The summed E-state index contributed by atoms with van der Waals surface area (Å²) in [6, 6.07) is 5.82. The number of amides is 1. The summed E-state index contributed by atoms with van der Waals surface area (Å²) in [5, 5.41) is 2.32. The van der Waals surface area contributed by atoms with Crippen molar-refractivity contribution in [3.05, 3.63) is 53.2 Å². The van der Waals surface area contributed by atoms with Gasteiger partial charge >= 0.3 is 0 Å². The van der Waals surface area contributed by atoms with Crippen molar-refractivity contribution in [1.82, 2.24) is 4.98 Å². The molecule has 1 heterocycles. The normalized spacial score (nSPS) is 10.3. The SMILES string of the molecule is CCc1cc(C(=O)Nc2cc(F)ccc2F)cc(NN)n1. The summed E-state index contributed by atoms with van der Waals surface area (Å²) < 4.78 is 26.6. The first-order chi connectivity index (χ1) is 10.0. The molecular formula is C14H14F2N4O. The molecule has 0 saturated carbocycles. The molecule has 0 aliphatic carbocycles. The number of nitrogens with one attached hydrogen (secondary N) is 2. The Balaban J connectivity index is 2.29. The Hall–Kier alpha value is -2.54. The van der Waals surface area contributed by atoms with Gasteiger partial charge in [0, 0.05) is 17.3 Å². The fraction of sp³-hybridized carbons (Fsp3) is 0.143. The molecule has 0 aliphatic heterocycles. The summed E-state index contributed by atoms with van der Waals surface area (Å²) in [6.45, 7) is 1.87. The maximum atomic E-state index is 13.5. The van der Waals surface area contributed by atoms with Gasteiger partial charge in [-0.3, -0.25) is 4.79 Å². The Morgan fingerprint density at radius 1 is 1.29 bits per heavy atom. The van der Waals surface area contributed by atoms with Crippen molar-refractivity contribution in [2.24, 2.45) is 5.84 Å². The van der Waals surface area contributed by atoms with Crippen LogP contribution in [0.1, 0.15) is 23.0 Å². The van der Waals surface area contributed by atoms with E-state index in [2.05, 4.69) is 15.7 Å². The van der Waals surface area contributed by atoms with Gasteiger partial charge in [0.15, 0.2) is 0 Å². The minimum Gasteiger partial charge on any atom is -0.319 e. The molecular weight excluding hydrogens is 278 g/mol. The number of nitrogens with two attached hydrogens (primary N) is 1. The molecule has 2 aromatic rings. The van der Waals surface area contributed by atoms with Crippen molar-refractivity contribution in [1.29, 1.82) is 0 Å². The molecule has 0 atom stereocenters. The zero-order valence-corrected chi connectivity index (χ0v) is 11.3. The molecule has 0 bridgehead atoms. The van der Waals surface area contributed by atoms with Crippen molar-refractivity contribution in [2.75, 3.05) is 10.7 Å². The van der Waals surface area contributed by atoms with Gasteiger partial charge in [0.2, 0.25) is 0 Å². The molecule has 7 heteroatoms. The zero-order valence-electron chi connectivity index (χ0n) is 11.3. The maximum absolute atomic E-state index is 13.5. The second-order valence-electron chi connectivity index (χ2n) is 4.31. The number of benzene rings is 1. The van der Waals surface area contributed by atoms with Crippen LogP contribution in [0.5, 0.6) is 0 Å². The number of hydrogen-bond donors (Lipinski definition) is 3. The molecule has 2 rings (SSSR count). The fourth-order valence-corrected chi connectivity index (χ4v) is 1.76. The number of hydrogen-bond acceptors (Lipinski definition) is 4. The smallest absolute Gasteiger partial charge is 0.255 e. The van der Waals surface area contributed by atoms with Gasteiger partial charge in [-0.15, -0.1) is 0 Å². The standard InChI is InChI=1S/C14H14F2N4O/c1-2-10-5-8(6-13(18-10)20-17)14(21)19-12-7-9(15)3-4-11(12)16/h3-7H,2,17H2,1H3,(H,18,20)(H,19,21). The number of anilines is 2. The Kier molecular flexibility index (Phi) is 4.44. The van der Waals surface area contributed by atoms with Crippen LogP contribution in [-0.4, -0.2) is 10.9 Å². The van der Waals surface area contributed by atoms with E-state index in [9.17, 15) is 13.6 Å². The van der Waals surface area contributed by atoms with Crippen molar-refractivity contribution in [2.45, 2.75) is 13.3 Å². The number of pyridine rings is 1. The highest BCUT2D eigenvalue weighted by molar-refractivity contribution is 6.04. The first-order valence-electron chi connectivity index (χ1n) is 6.27. The number of aromatic nitrogens is 1. The molecule has 110 valence electrons. The Morgan fingerprint density at radius 2 is 2.05 bits per heavy atom. The minimum absolute atomic E-state index is 0.225. The molecule has 0 aliphatic rings. The van der Waals surface area contributed by atoms with Gasteiger partial charge in [-0.25, -0.2) is 19.6 Å². The Morgan fingerprint density at radius 3 is 2.71 bits per heavy atom. The summed E-state index contributed by atoms with van der Waals surface area (Å²) in [6.07, 6.45) is 0.601. The van der Waals surface area contributed by atoms with Crippen molar-refractivity contribution in [3.8, 4) is 0 Å². The third kappa shape index (κ3) is 3.51. The highest BCUT2D eigenvalue weighted by Gasteiger charge is 2.12. The molecule has 0 unspecified atom stereocenters. The van der Waals surface area contributed by atoms with Gasteiger partial charge in [0.1, 0.15) is 17.5 Å². The number of rotatable bonds is 4. The Labute approximate surface area is 120 Å². The highest BCUT2D eigenvalue weighted by Crippen LogP contribution is 2.17. The van der Waals surface area contributed by atoms with E-state index in [1.54, 1.807) is 6.07 Å². The lowest BCUT2D eigenvalue weighted by molar-refractivity contribution is 0.102. The molecule has 0 fully saturated rings. The van der Waals surface area contributed by atoms with E-state index in [4.69, 9.17) is 5.84 Å². The van der Waals surface area contributed by atoms with E-state index in [1.165, 1.54) is 6.07 Å². The second kappa shape index (κ2) is 6.27. The van der Waals surface area contributed by atoms with E-state index in [0.717, 1.165) is 18.2 Å². The van der Waals surface area contributed by atoms with Gasteiger partial charge < -0.3 is 10.7 Å². The summed E-state index contributed by atoms with van der Waals surface area (Å²) in [4.78, 5) is 16.3. The third-order valence-corrected chi connectivity index (χ3v) is 2.83. The van der Waals surface area contributed by atoms with Crippen LogP contribution >= 0.6 is 0 Å². The van der Waals surface area contributed by atoms with Crippen LogP contribution in [0.2, 0.25) is 0 Å². The predicted molar refractivity (Wildman–Crippen MR) is 75.7 cm³/mol. The topological polar surface area (TPSA) is 80.0 Å². The van der Waals surface area contributed by atoms with Crippen molar-refractivity contribution >= 4 is 17.4 Å². The minimum atomic E-state index is -0.716. The number of aryl methyl sites for hydroxylation is 1. The van der Waals surface area contributed by atoms with Gasteiger partial charge in [0.25, 0.3) is 5.91 Å². The molecule has 0 saturated heterocycles. The molecule has 0 spiro atoms. The number of nitrogens with zero attached hydrogens (tertiary/aromatic N) is 1. The maximum Gasteiger partial charge on any atom is 0.255 e. The molecule has 4 N–H and O–H groups in total. The average molecular weight is 292 g/mol. The third-order valence-electron chi connectivity index (χ3n) is 2.83. The summed E-state index contributed by atoms with van der Waals surface area (Å²) in [5.41, 5.74) is 3.03. The first-order valence-corrected chi connectivity index (χ1v) is 6.27. The van der Waals surface area contributed by atoms with E-state index >= 15 is 0 Å². The molecule has 5 nitrogen and oxygen atoms in total. The first kappa shape index (κ1) is 14.9.